The van der Waals surface area contributed by atoms with Gasteiger partial charge in [0.2, 0.25) is 0 Å². The molecular formula is C30H21NO2S2. The number of carbonyl (C=O) groups is 1. The van der Waals surface area contributed by atoms with Crippen LogP contribution in [0.25, 0.3) is 41.7 Å². The van der Waals surface area contributed by atoms with Crippen molar-refractivity contribution in [1.29, 1.82) is 0 Å². The SMILES string of the molecule is COc1ccccc1-c1sc2cc(-c3ccccc3)ccc2c1C(=O)Nc1ccc2sccc2c1. The second kappa shape index (κ2) is 9.02. The average molecular weight is 492 g/mol. The lowest BCUT2D eigenvalue weighted by Gasteiger charge is -2.10. The summed E-state index contributed by atoms with van der Waals surface area (Å²) >= 11 is 3.31. The highest BCUT2D eigenvalue weighted by Crippen LogP contribution is 2.43. The molecule has 6 rings (SSSR count). The van der Waals surface area contributed by atoms with Gasteiger partial charge in [0.1, 0.15) is 5.75 Å². The van der Waals surface area contributed by atoms with Crippen LogP contribution in [0.5, 0.6) is 5.75 Å². The van der Waals surface area contributed by atoms with Crippen LogP contribution >= 0.6 is 22.7 Å². The molecular weight excluding hydrogens is 470 g/mol. The highest BCUT2D eigenvalue weighted by atomic mass is 32.1. The fraction of sp³-hybridized carbons (Fsp3) is 0.0333. The molecule has 0 fully saturated rings. The number of ether oxygens (including phenoxy) is 1. The molecule has 0 aliphatic rings. The summed E-state index contributed by atoms with van der Waals surface area (Å²) in [5.41, 5.74) is 4.64. The highest BCUT2D eigenvalue weighted by molar-refractivity contribution is 7.23. The van der Waals surface area contributed by atoms with Gasteiger partial charge >= 0.3 is 0 Å². The summed E-state index contributed by atoms with van der Waals surface area (Å²) < 4.78 is 7.92. The van der Waals surface area contributed by atoms with Crippen LogP contribution in [0.4, 0.5) is 5.69 Å². The number of amides is 1. The third kappa shape index (κ3) is 3.99. The normalized spacial score (nSPS) is 11.1. The largest absolute Gasteiger partial charge is 0.496 e. The zero-order chi connectivity index (χ0) is 23.8. The summed E-state index contributed by atoms with van der Waals surface area (Å²) in [5, 5.41) is 7.27. The first-order valence-corrected chi connectivity index (χ1v) is 12.9. The predicted octanol–water partition coefficient (Wildman–Crippen LogP) is 8.71. The van der Waals surface area contributed by atoms with Gasteiger partial charge in [0, 0.05) is 26.0 Å². The third-order valence-electron chi connectivity index (χ3n) is 6.09. The minimum atomic E-state index is -0.126. The van der Waals surface area contributed by atoms with Gasteiger partial charge in [0.15, 0.2) is 0 Å². The number of hydrogen-bond donors (Lipinski definition) is 1. The Bertz CT molecular complexity index is 1680. The summed E-state index contributed by atoms with van der Waals surface area (Å²) in [6.45, 7) is 0. The Balaban J connectivity index is 1.50. The fourth-order valence-electron chi connectivity index (χ4n) is 4.39. The molecule has 0 aliphatic heterocycles. The molecule has 0 saturated carbocycles. The van der Waals surface area contributed by atoms with E-state index in [4.69, 9.17) is 4.74 Å². The van der Waals surface area contributed by atoms with Gasteiger partial charge in [-0.15, -0.1) is 22.7 Å². The number of thiophene rings is 2. The first-order chi connectivity index (χ1) is 17.2. The monoisotopic (exact) mass is 491 g/mol. The van der Waals surface area contributed by atoms with Crippen LogP contribution in [0.3, 0.4) is 0 Å². The molecule has 2 heterocycles. The smallest absolute Gasteiger partial charge is 0.257 e. The van der Waals surface area contributed by atoms with Crippen LogP contribution < -0.4 is 10.1 Å². The molecule has 0 unspecified atom stereocenters. The number of methoxy groups -OCH3 is 1. The van der Waals surface area contributed by atoms with Crippen molar-refractivity contribution in [2.24, 2.45) is 0 Å². The van der Waals surface area contributed by atoms with Crippen molar-refractivity contribution in [3.05, 3.63) is 108 Å². The minimum absolute atomic E-state index is 0.126. The van der Waals surface area contributed by atoms with Crippen LogP contribution in [0, 0.1) is 0 Å². The molecule has 1 amide bonds. The molecule has 0 spiro atoms. The lowest BCUT2D eigenvalue weighted by molar-refractivity contribution is 0.102. The summed E-state index contributed by atoms with van der Waals surface area (Å²) in [6, 6.07) is 32.6. The van der Waals surface area contributed by atoms with Crippen LogP contribution in [0.1, 0.15) is 10.4 Å². The Morgan fingerprint density at radius 1 is 0.800 bits per heavy atom. The predicted molar refractivity (Wildman–Crippen MR) is 149 cm³/mol. The molecule has 1 N–H and O–H groups in total. The highest BCUT2D eigenvalue weighted by Gasteiger charge is 2.23. The molecule has 0 saturated heterocycles. The summed E-state index contributed by atoms with van der Waals surface area (Å²) in [4.78, 5) is 14.7. The molecule has 6 aromatic rings. The minimum Gasteiger partial charge on any atom is -0.496 e. The molecule has 3 nitrogen and oxygen atoms in total. The van der Waals surface area contributed by atoms with Gasteiger partial charge in [-0.25, -0.2) is 0 Å². The number of hydrogen-bond acceptors (Lipinski definition) is 4. The first-order valence-electron chi connectivity index (χ1n) is 11.3. The van der Waals surface area contributed by atoms with Crippen molar-refractivity contribution in [3.8, 4) is 27.3 Å². The van der Waals surface area contributed by atoms with E-state index in [2.05, 4.69) is 53.2 Å². The van der Waals surface area contributed by atoms with Gasteiger partial charge < -0.3 is 10.1 Å². The van der Waals surface area contributed by atoms with E-state index in [0.717, 1.165) is 48.5 Å². The standard InChI is InChI=1S/C30H21NO2S2/c1-33-25-10-6-5-9-23(25)29-28(30(32)31-22-12-14-26-21(17-22)15-16-34-26)24-13-11-20(18-27(24)35-29)19-7-3-2-4-8-19/h2-18H,1H3,(H,31,32). The number of fused-ring (bicyclic) bond motifs is 2. The van der Waals surface area contributed by atoms with Gasteiger partial charge in [0.05, 0.1) is 17.6 Å². The van der Waals surface area contributed by atoms with E-state index in [-0.39, 0.29) is 5.91 Å². The number of carbonyl (C=O) groups excluding carboxylic acids is 1. The fourth-order valence-corrected chi connectivity index (χ4v) is 6.43. The second-order valence-electron chi connectivity index (χ2n) is 8.21. The van der Waals surface area contributed by atoms with E-state index in [1.165, 1.54) is 4.70 Å². The van der Waals surface area contributed by atoms with Crippen molar-refractivity contribution in [2.75, 3.05) is 12.4 Å². The number of nitrogens with one attached hydrogen (secondary N) is 1. The van der Waals surface area contributed by atoms with E-state index >= 15 is 0 Å². The Kier molecular flexibility index (Phi) is 5.57. The Morgan fingerprint density at radius 3 is 2.49 bits per heavy atom. The topological polar surface area (TPSA) is 38.3 Å². The molecule has 35 heavy (non-hydrogen) atoms. The van der Waals surface area contributed by atoms with Crippen molar-refractivity contribution in [2.45, 2.75) is 0 Å². The number of para-hydroxylation sites is 1. The van der Waals surface area contributed by atoms with Crippen LogP contribution in [-0.4, -0.2) is 13.0 Å². The summed E-state index contributed by atoms with van der Waals surface area (Å²) in [6.07, 6.45) is 0. The maximum absolute atomic E-state index is 13.8. The average Bonchev–Trinajstić information content (AvgIpc) is 3.53. The maximum atomic E-state index is 13.8. The van der Waals surface area contributed by atoms with Gasteiger partial charge in [-0.05, 0) is 64.4 Å². The number of rotatable bonds is 5. The molecule has 5 heteroatoms. The molecule has 4 aromatic carbocycles. The molecule has 0 atom stereocenters. The third-order valence-corrected chi connectivity index (χ3v) is 8.17. The summed E-state index contributed by atoms with van der Waals surface area (Å²) in [7, 11) is 1.66. The first kappa shape index (κ1) is 21.6. The van der Waals surface area contributed by atoms with E-state index in [0.29, 0.717) is 5.56 Å². The lowest BCUT2D eigenvalue weighted by atomic mass is 10.0. The van der Waals surface area contributed by atoms with Crippen molar-refractivity contribution in [3.63, 3.8) is 0 Å². The van der Waals surface area contributed by atoms with Crippen LogP contribution in [0.15, 0.2) is 102 Å². The molecule has 0 aliphatic carbocycles. The van der Waals surface area contributed by atoms with Crippen LogP contribution in [0.2, 0.25) is 0 Å². The summed E-state index contributed by atoms with van der Waals surface area (Å²) in [5.74, 6) is 0.621. The zero-order valence-corrected chi connectivity index (χ0v) is 20.6. The zero-order valence-electron chi connectivity index (χ0n) is 18.9. The second-order valence-corrected chi connectivity index (χ2v) is 10.2. The Hall–Kier alpha value is -3.93. The quantitative estimate of drug-likeness (QED) is 0.262. The van der Waals surface area contributed by atoms with Crippen LogP contribution in [-0.2, 0) is 0 Å². The van der Waals surface area contributed by atoms with Gasteiger partial charge in [-0.1, -0.05) is 54.6 Å². The van der Waals surface area contributed by atoms with Crippen molar-refractivity contribution >= 4 is 54.4 Å². The van der Waals surface area contributed by atoms with E-state index in [1.807, 2.05) is 54.6 Å². The van der Waals surface area contributed by atoms with Gasteiger partial charge in [0.25, 0.3) is 5.91 Å². The lowest BCUT2D eigenvalue weighted by Crippen LogP contribution is -2.12. The Labute approximate surface area is 211 Å². The Morgan fingerprint density at radius 2 is 1.63 bits per heavy atom. The molecule has 0 bridgehead atoms. The molecule has 2 aromatic heterocycles. The van der Waals surface area contributed by atoms with Crippen molar-refractivity contribution < 1.29 is 9.53 Å². The van der Waals surface area contributed by atoms with Gasteiger partial charge in [-0.2, -0.15) is 0 Å². The van der Waals surface area contributed by atoms with E-state index in [1.54, 1.807) is 29.8 Å². The number of benzene rings is 4. The number of anilines is 1. The maximum Gasteiger partial charge on any atom is 0.257 e. The molecule has 170 valence electrons. The van der Waals surface area contributed by atoms with E-state index in [9.17, 15) is 4.79 Å². The van der Waals surface area contributed by atoms with E-state index < -0.39 is 0 Å². The van der Waals surface area contributed by atoms with Crippen molar-refractivity contribution in [1.82, 2.24) is 0 Å². The molecule has 0 radical (unpaired) electrons. The van der Waals surface area contributed by atoms with Gasteiger partial charge in [-0.3, -0.25) is 4.79 Å².